The second kappa shape index (κ2) is 8.69. The van der Waals surface area contributed by atoms with Crippen LogP contribution in [0.3, 0.4) is 0 Å². The van der Waals surface area contributed by atoms with Gasteiger partial charge in [0.25, 0.3) is 0 Å². The first-order chi connectivity index (χ1) is 13.1. The number of aldehydes is 1. The molecule has 0 N–H and O–H groups in total. The van der Waals surface area contributed by atoms with E-state index in [0.29, 0.717) is 24.5 Å². The zero-order chi connectivity index (χ0) is 19.4. The average molecular weight is 394 g/mol. The van der Waals surface area contributed by atoms with Gasteiger partial charge in [0.1, 0.15) is 29.8 Å². The maximum absolute atomic E-state index is 13.7. The lowest BCUT2D eigenvalue weighted by molar-refractivity contribution is -0.111. The summed E-state index contributed by atoms with van der Waals surface area (Å²) in [6.07, 6.45) is 0.906. The summed E-state index contributed by atoms with van der Waals surface area (Å²) < 4.78 is 30.6. The minimum atomic E-state index is -0.497. The van der Waals surface area contributed by atoms with Gasteiger partial charge in [0.2, 0.25) is 0 Å². The van der Waals surface area contributed by atoms with E-state index in [4.69, 9.17) is 25.8 Å². The first-order valence-corrected chi connectivity index (χ1v) is 8.94. The Bertz CT molecular complexity index is 794. The molecule has 144 valence electrons. The highest BCUT2D eigenvalue weighted by Gasteiger charge is 2.38. The first kappa shape index (κ1) is 19.6. The van der Waals surface area contributed by atoms with Crippen molar-refractivity contribution in [2.45, 2.75) is 18.7 Å². The maximum Gasteiger partial charge on any atom is 0.144 e. The molecule has 1 saturated heterocycles. The number of carbonyl (C=O) groups is 1. The Morgan fingerprint density at radius 2 is 1.96 bits per heavy atom. The van der Waals surface area contributed by atoms with Crippen LogP contribution in [0.5, 0.6) is 11.5 Å². The molecule has 2 atom stereocenters. The van der Waals surface area contributed by atoms with Crippen LogP contribution in [0.4, 0.5) is 4.39 Å². The van der Waals surface area contributed by atoms with Gasteiger partial charge < -0.3 is 19.0 Å². The molecular weight excluding hydrogens is 373 g/mol. The predicted molar refractivity (Wildman–Crippen MR) is 99.9 cm³/mol. The van der Waals surface area contributed by atoms with Gasteiger partial charge in [-0.15, -0.1) is 0 Å². The monoisotopic (exact) mass is 393 g/mol. The molecule has 2 aromatic carbocycles. The normalized spacial score (nSPS) is 19.9. The summed E-state index contributed by atoms with van der Waals surface area (Å²) in [6.45, 7) is 0.765. The van der Waals surface area contributed by atoms with Gasteiger partial charge in [0, 0.05) is 6.54 Å². The summed E-state index contributed by atoms with van der Waals surface area (Å²) in [5, 5.41) is 0.0886. The summed E-state index contributed by atoms with van der Waals surface area (Å²) in [5.41, 5.74) is 1.52. The third kappa shape index (κ3) is 4.08. The Morgan fingerprint density at radius 3 is 2.56 bits per heavy atom. The lowest BCUT2D eigenvalue weighted by atomic mass is 10.1. The highest BCUT2D eigenvalue weighted by molar-refractivity contribution is 6.30. The van der Waals surface area contributed by atoms with Crippen molar-refractivity contribution in [1.82, 2.24) is 4.90 Å². The summed E-state index contributed by atoms with van der Waals surface area (Å²) in [4.78, 5) is 13.5. The standard InChI is InChI=1S/C20H21ClFNO4/c1-25-17-4-3-5-18(26-2)19(17)20-23(14(11-24)12-27-20)9-8-13-6-7-15(21)16(22)10-13/h3-7,10-11,14,20H,8-9,12H2,1-2H3. The predicted octanol–water partition coefficient (Wildman–Crippen LogP) is 3.64. The summed E-state index contributed by atoms with van der Waals surface area (Å²) in [7, 11) is 3.15. The van der Waals surface area contributed by atoms with Gasteiger partial charge in [-0.25, -0.2) is 4.39 Å². The van der Waals surface area contributed by atoms with Crippen LogP contribution in [0.25, 0.3) is 0 Å². The van der Waals surface area contributed by atoms with Crippen LogP contribution in [0, 0.1) is 5.82 Å². The molecule has 3 rings (SSSR count). The van der Waals surface area contributed by atoms with Gasteiger partial charge >= 0.3 is 0 Å². The third-order valence-electron chi connectivity index (χ3n) is 4.66. The molecule has 1 heterocycles. The Kier molecular flexibility index (Phi) is 6.31. The number of carbonyl (C=O) groups excluding carboxylic acids is 1. The summed E-state index contributed by atoms with van der Waals surface area (Å²) in [5.74, 6) is 0.781. The van der Waals surface area contributed by atoms with Crippen LogP contribution >= 0.6 is 11.6 Å². The quantitative estimate of drug-likeness (QED) is 0.672. The van der Waals surface area contributed by atoms with Crippen LogP contribution in [-0.2, 0) is 16.0 Å². The molecule has 0 amide bonds. The lowest BCUT2D eigenvalue weighted by Crippen LogP contribution is -2.35. The average Bonchev–Trinajstić information content (AvgIpc) is 3.10. The molecule has 1 fully saturated rings. The number of halogens is 2. The van der Waals surface area contributed by atoms with E-state index in [2.05, 4.69) is 0 Å². The fraction of sp³-hybridized carbons (Fsp3) is 0.350. The van der Waals surface area contributed by atoms with E-state index in [0.717, 1.165) is 17.4 Å². The molecule has 5 nitrogen and oxygen atoms in total. The molecule has 2 aromatic rings. The van der Waals surface area contributed by atoms with Crippen molar-refractivity contribution < 1.29 is 23.4 Å². The highest BCUT2D eigenvalue weighted by atomic mass is 35.5. The van der Waals surface area contributed by atoms with E-state index in [-0.39, 0.29) is 11.6 Å². The molecule has 0 bridgehead atoms. The van der Waals surface area contributed by atoms with Crippen molar-refractivity contribution in [2.24, 2.45) is 0 Å². The molecule has 2 unspecified atom stereocenters. The van der Waals surface area contributed by atoms with Crippen molar-refractivity contribution in [3.8, 4) is 11.5 Å². The Morgan fingerprint density at radius 1 is 1.26 bits per heavy atom. The van der Waals surface area contributed by atoms with Crippen LogP contribution in [0.2, 0.25) is 5.02 Å². The molecule has 1 aliphatic heterocycles. The van der Waals surface area contributed by atoms with Crippen molar-refractivity contribution in [1.29, 1.82) is 0 Å². The molecule has 0 spiro atoms. The molecule has 0 saturated carbocycles. The first-order valence-electron chi connectivity index (χ1n) is 8.56. The van der Waals surface area contributed by atoms with Crippen molar-refractivity contribution in [3.63, 3.8) is 0 Å². The fourth-order valence-electron chi connectivity index (χ4n) is 3.28. The lowest BCUT2D eigenvalue weighted by Gasteiger charge is -2.28. The highest BCUT2D eigenvalue weighted by Crippen LogP contribution is 2.41. The summed E-state index contributed by atoms with van der Waals surface area (Å²) in [6, 6.07) is 9.79. The zero-order valence-electron chi connectivity index (χ0n) is 15.2. The Labute approximate surface area is 162 Å². The molecule has 0 aromatic heterocycles. The van der Waals surface area contributed by atoms with Crippen molar-refractivity contribution >= 4 is 17.9 Å². The fourth-order valence-corrected chi connectivity index (χ4v) is 3.40. The molecular formula is C20H21ClFNO4. The van der Waals surface area contributed by atoms with E-state index in [1.54, 1.807) is 20.3 Å². The van der Waals surface area contributed by atoms with Gasteiger partial charge in [0.05, 0.1) is 37.5 Å². The van der Waals surface area contributed by atoms with E-state index >= 15 is 0 Å². The molecule has 0 aliphatic carbocycles. The minimum absolute atomic E-state index is 0.0886. The Hall–Kier alpha value is -2.15. The van der Waals surface area contributed by atoms with E-state index < -0.39 is 18.1 Å². The maximum atomic E-state index is 13.7. The van der Waals surface area contributed by atoms with Crippen LogP contribution in [0.1, 0.15) is 17.4 Å². The largest absolute Gasteiger partial charge is 0.496 e. The number of ether oxygens (including phenoxy) is 3. The molecule has 7 heteroatoms. The molecule has 0 radical (unpaired) electrons. The van der Waals surface area contributed by atoms with Crippen LogP contribution < -0.4 is 9.47 Å². The van der Waals surface area contributed by atoms with Gasteiger partial charge in [-0.3, -0.25) is 4.90 Å². The van der Waals surface area contributed by atoms with Gasteiger partial charge in [-0.2, -0.15) is 0 Å². The third-order valence-corrected chi connectivity index (χ3v) is 4.97. The van der Waals surface area contributed by atoms with Gasteiger partial charge in [-0.1, -0.05) is 23.7 Å². The van der Waals surface area contributed by atoms with Gasteiger partial charge in [-0.05, 0) is 36.2 Å². The zero-order valence-corrected chi connectivity index (χ0v) is 15.9. The van der Waals surface area contributed by atoms with Crippen molar-refractivity contribution in [3.05, 3.63) is 58.4 Å². The number of hydrogen-bond donors (Lipinski definition) is 0. The molecule has 27 heavy (non-hydrogen) atoms. The molecule has 1 aliphatic rings. The minimum Gasteiger partial charge on any atom is -0.496 e. The number of benzene rings is 2. The number of rotatable bonds is 7. The second-order valence-corrected chi connectivity index (χ2v) is 6.61. The number of hydrogen-bond acceptors (Lipinski definition) is 5. The van der Waals surface area contributed by atoms with E-state index in [1.165, 1.54) is 12.1 Å². The topological polar surface area (TPSA) is 48.0 Å². The Balaban J connectivity index is 1.87. The smallest absolute Gasteiger partial charge is 0.144 e. The number of methoxy groups -OCH3 is 2. The second-order valence-electron chi connectivity index (χ2n) is 6.20. The van der Waals surface area contributed by atoms with Crippen LogP contribution in [-0.4, -0.2) is 44.6 Å². The van der Waals surface area contributed by atoms with Gasteiger partial charge in [0.15, 0.2) is 0 Å². The SMILES string of the molecule is COc1cccc(OC)c1C1OCC(C=O)N1CCc1ccc(Cl)c(F)c1. The van der Waals surface area contributed by atoms with Crippen molar-refractivity contribution in [2.75, 3.05) is 27.4 Å². The summed E-state index contributed by atoms with van der Waals surface area (Å²) >= 11 is 5.74. The van der Waals surface area contributed by atoms with E-state index in [1.807, 2.05) is 23.1 Å². The van der Waals surface area contributed by atoms with E-state index in [9.17, 15) is 9.18 Å². The number of nitrogens with zero attached hydrogens (tertiary/aromatic N) is 1. The van der Waals surface area contributed by atoms with Crippen LogP contribution in [0.15, 0.2) is 36.4 Å².